The van der Waals surface area contributed by atoms with E-state index in [4.69, 9.17) is 5.26 Å². The number of nitriles is 1. The molecule has 1 atom stereocenters. The molecule has 2 aromatic heterocycles. The number of benzene rings is 1. The number of amides is 1. The van der Waals surface area contributed by atoms with E-state index in [0.717, 1.165) is 22.6 Å². The topological polar surface area (TPSA) is 112 Å². The van der Waals surface area contributed by atoms with Crippen molar-refractivity contribution in [3.05, 3.63) is 59.0 Å². The molecule has 9 heteroatoms. The Kier molecular flexibility index (Phi) is 5.77. The van der Waals surface area contributed by atoms with Crippen LogP contribution in [0.1, 0.15) is 36.2 Å². The van der Waals surface area contributed by atoms with Crippen molar-refractivity contribution in [1.29, 1.82) is 5.26 Å². The van der Waals surface area contributed by atoms with Crippen molar-refractivity contribution in [2.75, 3.05) is 22.6 Å². The Balaban J connectivity index is 1.45. The maximum Gasteiger partial charge on any atom is 0.247 e. The highest BCUT2D eigenvalue weighted by atomic mass is 16.2. The van der Waals surface area contributed by atoms with Crippen LogP contribution in [0.5, 0.6) is 0 Å². The number of nitrogens with one attached hydrogen (secondary N) is 2. The molecule has 0 fully saturated rings. The van der Waals surface area contributed by atoms with Crippen LogP contribution < -0.4 is 15.5 Å². The van der Waals surface area contributed by atoms with E-state index in [1.807, 2.05) is 61.9 Å². The highest BCUT2D eigenvalue weighted by molar-refractivity contribution is 6.03. The number of aryl methyl sites for hydroxylation is 1. The Hall–Kier alpha value is -3.93. The molecule has 1 amide bonds. The minimum absolute atomic E-state index is 0.0305. The van der Waals surface area contributed by atoms with E-state index in [2.05, 4.69) is 31.8 Å². The minimum atomic E-state index is -0.273. The van der Waals surface area contributed by atoms with Crippen LogP contribution >= 0.6 is 0 Å². The van der Waals surface area contributed by atoms with Gasteiger partial charge in [0.2, 0.25) is 11.9 Å². The smallest absolute Gasteiger partial charge is 0.247 e. The van der Waals surface area contributed by atoms with E-state index < -0.39 is 0 Å². The first-order chi connectivity index (χ1) is 15.4. The zero-order chi connectivity index (χ0) is 22.8. The number of rotatable bonds is 6. The molecule has 3 heterocycles. The van der Waals surface area contributed by atoms with Gasteiger partial charge in [0, 0.05) is 25.4 Å². The van der Waals surface area contributed by atoms with Crippen LogP contribution in [0.25, 0.3) is 0 Å². The summed E-state index contributed by atoms with van der Waals surface area (Å²) in [5, 5.41) is 19.6. The zero-order valence-electron chi connectivity index (χ0n) is 18.6. The number of likely N-dealkylation sites (N-methyl/N-ethyl adjacent to an activating group) is 1. The van der Waals surface area contributed by atoms with Gasteiger partial charge in [-0.1, -0.05) is 26.0 Å². The molecule has 4 rings (SSSR count). The molecule has 0 radical (unpaired) electrons. The third kappa shape index (κ3) is 4.25. The largest absolute Gasteiger partial charge is 0.350 e. The van der Waals surface area contributed by atoms with Crippen LogP contribution in [0.3, 0.4) is 0 Å². The molecule has 1 aliphatic heterocycles. The molecule has 164 valence electrons. The lowest BCUT2D eigenvalue weighted by atomic mass is 9.99. The Labute approximate surface area is 187 Å². The second kappa shape index (κ2) is 8.67. The van der Waals surface area contributed by atoms with Gasteiger partial charge in [0.15, 0.2) is 5.82 Å². The van der Waals surface area contributed by atoms with E-state index in [1.165, 1.54) is 0 Å². The number of nitrogens with zero attached hydrogens (tertiary/aromatic N) is 6. The van der Waals surface area contributed by atoms with Crippen molar-refractivity contribution >= 4 is 23.4 Å². The third-order valence-corrected chi connectivity index (χ3v) is 5.54. The first-order valence-corrected chi connectivity index (χ1v) is 10.5. The number of hydrogen-bond donors (Lipinski definition) is 2. The number of anilines is 3. The van der Waals surface area contributed by atoms with Gasteiger partial charge < -0.3 is 15.5 Å². The van der Waals surface area contributed by atoms with E-state index in [-0.39, 0.29) is 17.9 Å². The Morgan fingerprint density at radius 2 is 1.97 bits per heavy atom. The molecule has 32 heavy (non-hydrogen) atoms. The summed E-state index contributed by atoms with van der Waals surface area (Å²) in [6.07, 6.45) is 3.78. The zero-order valence-corrected chi connectivity index (χ0v) is 18.6. The average Bonchev–Trinajstić information content (AvgIpc) is 3.21. The van der Waals surface area contributed by atoms with E-state index >= 15 is 0 Å². The molecule has 3 aromatic rings. The summed E-state index contributed by atoms with van der Waals surface area (Å²) in [5.74, 6) is 1.35. The molecular weight excluding hydrogens is 404 g/mol. The lowest BCUT2D eigenvalue weighted by Crippen LogP contribution is -2.49. The van der Waals surface area contributed by atoms with Crippen molar-refractivity contribution in [2.24, 2.45) is 5.92 Å². The van der Waals surface area contributed by atoms with Gasteiger partial charge in [0.25, 0.3) is 0 Å². The predicted octanol–water partition coefficient (Wildman–Crippen LogP) is 2.93. The second-order valence-corrected chi connectivity index (χ2v) is 8.33. The lowest BCUT2D eigenvalue weighted by molar-refractivity contribution is -0.118. The second-order valence-electron chi connectivity index (χ2n) is 8.33. The van der Waals surface area contributed by atoms with Crippen molar-refractivity contribution in [1.82, 2.24) is 19.7 Å². The maximum absolute atomic E-state index is 12.5. The van der Waals surface area contributed by atoms with Crippen LogP contribution in [-0.4, -0.2) is 38.7 Å². The minimum Gasteiger partial charge on any atom is -0.350 e. The summed E-state index contributed by atoms with van der Waals surface area (Å²) < 4.78 is 1.86. The summed E-state index contributed by atoms with van der Waals surface area (Å²) in [6.45, 7) is 7.06. The van der Waals surface area contributed by atoms with Gasteiger partial charge in [-0.2, -0.15) is 15.3 Å². The molecule has 1 aliphatic rings. The highest BCUT2D eigenvalue weighted by Crippen LogP contribution is 2.34. The lowest BCUT2D eigenvalue weighted by Gasteiger charge is -2.36. The van der Waals surface area contributed by atoms with Gasteiger partial charge in [0.1, 0.15) is 11.7 Å². The normalized spacial score (nSPS) is 15.3. The van der Waals surface area contributed by atoms with Crippen LogP contribution in [0.2, 0.25) is 0 Å². The van der Waals surface area contributed by atoms with Crippen LogP contribution in [0.15, 0.2) is 36.7 Å². The van der Waals surface area contributed by atoms with Crippen molar-refractivity contribution in [2.45, 2.75) is 39.9 Å². The summed E-state index contributed by atoms with van der Waals surface area (Å²) in [4.78, 5) is 23.6. The quantitative estimate of drug-likeness (QED) is 0.618. The van der Waals surface area contributed by atoms with Crippen molar-refractivity contribution in [3.8, 4) is 6.07 Å². The van der Waals surface area contributed by atoms with Gasteiger partial charge in [-0.3, -0.25) is 9.48 Å². The molecule has 0 saturated heterocycles. The highest BCUT2D eigenvalue weighted by Gasteiger charge is 2.35. The summed E-state index contributed by atoms with van der Waals surface area (Å²) in [5.41, 5.74) is 4.10. The average molecular weight is 431 g/mol. The van der Waals surface area contributed by atoms with E-state index in [1.54, 1.807) is 12.1 Å². The molecule has 0 saturated carbocycles. The fourth-order valence-corrected chi connectivity index (χ4v) is 3.93. The van der Waals surface area contributed by atoms with Gasteiger partial charge in [-0.15, -0.1) is 0 Å². The number of carbonyl (C=O) groups excluding carboxylic acids is 1. The van der Waals surface area contributed by atoms with Gasteiger partial charge >= 0.3 is 0 Å². The molecule has 1 aromatic carbocycles. The number of carbonyl (C=O) groups is 1. The SMILES string of the molecule is Cc1nc(NCc2cnn(Cc3ccc(C#N)cc3)c2)nc2c1NC(=O)[C@H](C(C)C)N2C. The Morgan fingerprint density at radius 1 is 1.22 bits per heavy atom. The van der Waals surface area contributed by atoms with Crippen LogP contribution in [0.4, 0.5) is 17.5 Å². The van der Waals surface area contributed by atoms with Gasteiger partial charge in [0.05, 0.1) is 30.1 Å². The predicted molar refractivity (Wildman–Crippen MR) is 122 cm³/mol. The summed E-state index contributed by atoms with van der Waals surface area (Å²) >= 11 is 0. The van der Waals surface area contributed by atoms with E-state index in [0.29, 0.717) is 30.3 Å². The molecule has 9 nitrogen and oxygen atoms in total. The van der Waals surface area contributed by atoms with Gasteiger partial charge in [-0.05, 0) is 30.5 Å². The molecule has 0 aliphatic carbocycles. The molecule has 0 bridgehead atoms. The molecule has 0 spiro atoms. The Bertz CT molecular complexity index is 1180. The number of aromatic nitrogens is 4. The molecular formula is C23H26N8O. The standard InChI is InChI=1S/C23H26N8O/c1-14(2)20-22(32)28-19-15(3)27-23(29-21(19)30(20)4)25-10-18-11-26-31(13-18)12-17-7-5-16(9-24)6-8-17/h5-8,11,13-14,20H,10,12H2,1-4H3,(H,28,32)(H,25,27,29)/t20-/m0/s1. The van der Waals surface area contributed by atoms with Gasteiger partial charge in [-0.25, -0.2) is 4.98 Å². The van der Waals surface area contributed by atoms with Crippen molar-refractivity contribution < 1.29 is 4.79 Å². The first-order valence-electron chi connectivity index (χ1n) is 10.5. The maximum atomic E-state index is 12.5. The van der Waals surface area contributed by atoms with E-state index in [9.17, 15) is 4.79 Å². The summed E-state index contributed by atoms with van der Waals surface area (Å²) in [6, 6.07) is 9.33. The number of fused-ring (bicyclic) bond motifs is 1. The molecule has 0 unspecified atom stereocenters. The van der Waals surface area contributed by atoms with Crippen LogP contribution in [0, 0.1) is 24.2 Å². The fourth-order valence-electron chi connectivity index (χ4n) is 3.93. The summed E-state index contributed by atoms with van der Waals surface area (Å²) in [7, 11) is 1.89. The molecule has 2 N–H and O–H groups in total. The Morgan fingerprint density at radius 3 is 2.66 bits per heavy atom. The monoisotopic (exact) mass is 430 g/mol. The van der Waals surface area contributed by atoms with Crippen LogP contribution in [-0.2, 0) is 17.9 Å². The fraction of sp³-hybridized carbons (Fsp3) is 0.348. The van der Waals surface area contributed by atoms with Crippen molar-refractivity contribution in [3.63, 3.8) is 0 Å². The number of hydrogen-bond acceptors (Lipinski definition) is 7. The third-order valence-electron chi connectivity index (χ3n) is 5.54. The first kappa shape index (κ1) is 21.3.